The van der Waals surface area contributed by atoms with Crippen LogP contribution in [-0.2, 0) is 6.18 Å². The number of alkyl halides is 3. The Hall–Kier alpha value is -2.28. The van der Waals surface area contributed by atoms with Crippen LogP contribution in [0.5, 0.6) is 0 Å². The minimum atomic E-state index is -4.26. The summed E-state index contributed by atoms with van der Waals surface area (Å²) < 4.78 is 38.3. The third-order valence-electron chi connectivity index (χ3n) is 7.19. The van der Waals surface area contributed by atoms with E-state index in [1.54, 1.807) is 18.2 Å². The SMILES string of the molecule is N#CC=CC=CCC[C@H]1CC[C@H](/C=C/[C@H]2CC[C@H](c3ccc(C(F)(F)F)cc3)CC2)CC1. The number of halogens is 3. The van der Waals surface area contributed by atoms with Crippen molar-refractivity contribution in [2.45, 2.75) is 76.3 Å². The summed E-state index contributed by atoms with van der Waals surface area (Å²) in [6, 6.07) is 7.77. The van der Waals surface area contributed by atoms with E-state index >= 15 is 0 Å². The van der Waals surface area contributed by atoms with E-state index in [0.29, 0.717) is 17.8 Å². The van der Waals surface area contributed by atoms with Gasteiger partial charge in [-0.1, -0.05) is 42.5 Å². The van der Waals surface area contributed by atoms with Gasteiger partial charge in [-0.15, -0.1) is 0 Å². The van der Waals surface area contributed by atoms with Crippen molar-refractivity contribution in [3.05, 3.63) is 71.8 Å². The predicted molar refractivity (Wildman–Crippen MR) is 124 cm³/mol. The minimum Gasteiger partial charge on any atom is -0.193 e. The number of hydrogen-bond acceptors (Lipinski definition) is 1. The zero-order chi connectivity index (χ0) is 22.8. The first-order chi connectivity index (χ1) is 15.5. The number of benzene rings is 1. The van der Waals surface area contributed by atoms with E-state index in [-0.39, 0.29) is 0 Å². The van der Waals surface area contributed by atoms with Gasteiger partial charge in [-0.3, -0.25) is 0 Å². The Labute approximate surface area is 190 Å². The van der Waals surface area contributed by atoms with E-state index in [2.05, 4.69) is 18.2 Å². The van der Waals surface area contributed by atoms with Crippen molar-refractivity contribution >= 4 is 0 Å². The van der Waals surface area contributed by atoms with Gasteiger partial charge in [0.2, 0.25) is 0 Å². The first-order valence-corrected chi connectivity index (χ1v) is 12.0. The maximum absolute atomic E-state index is 12.8. The molecule has 1 aromatic carbocycles. The first-order valence-electron chi connectivity index (χ1n) is 12.0. The van der Waals surface area contributed by atoms with Gasteiger partial charge in [0.25, 0.3) is 0 Å². The summed E-state index contributed by atoms with van der Waals surface area (Å²) in [6.07, 6.45) is 19.9. The number of allylic oxidation sites excluding steroid dienone is 6. The largest absolute Gasteiger partial charge is 0.416 e. The zero-order valence-corrected chi connectivity index (χ0v) is 18.7. The number of nitrogens with zero attached hydrogens (tertiary/aromatic N) is 1. The van der Waals surface area contributed by atoms with Gasteiger partial charge in [0.05, 0.1) is 11.6 Å². The molecule has 0 aromatic heterocycles. The molecule has 0 heterocycles. The van der Waals surface area contributed by atoms with Crippen LogP contribution in [0, 0.1) is 29.1 Å². The molecule has 3 rings (SSSR count). The molecule has 0 saturated heterocycles. The highest BCUT2D eigenvalue weighted by Gasteiger charge is 2.30. The summed E-state index contributed by atoms with van der Waals surface area (Å²) in [5, 5.41) is 8.46. The van der Waals surface area contributed by atoms with Crippen LogP contribution in [0.4, 0.5) is 13.2 Å². The highest BCUT2D eigenvalue weighted by atomic mass is 19.4. The van der Waals surface area contributed by atoms with Crippen LogP contribution < -0.4 is 0 Å². The normalized spacial score (nSPS) is 27.3. The van der Waals surface area contributed by atoms with Crippen LogP contribution in [0.2, 0.25) is 0 Å². The molecule has 0 atom stereocenters. The van der Waals surface area contributed by atoms with Crippen LogP contribution in [-0.4, -0.2) is 0 Å². The van der Waals surface area contributed by atoms with Crippen molar-refractivity contribution in [2.24, 2.45) is 17.8 Å². The lowest BCUT2D eigenvalue weighted by atomic mass is 9.77. The average Bonchev–Trinajstić information content (AvgIpc) is 2.81. The maximum Gasteiger partial charge on any atom is 0.416 e. The molecule has 0 aliphatic heterocycles. The molecular weight excluding hydrogens is 407 g/mol. The lowest BCUT2D eigenvalue weighted by Crippen LogP contribution is -2.14. The van der Waals surface area contributed by atoms with E-state index in [1.165, 1.54) is 50.3 Å². The average molecular weight is 442 g/mol. The standard InChI is InChI=1S/C28H34F3N/c29-28(30,31)27-19-17-26(18-20-27)25-15-13-24(14-16-25)12-11-23-9-7-22(8-10-23)6-4-2-1-3-5-21-32/h1-3,5,11-12,17-20,22-25H,4,6-10,13-16H2/b2-1?,5-3?,12-11+/t22-,23-,24-,25-. The predicted octanol–water partition coefficient (Wildman–Crippen LogP) is 8.76. The van der Waals surface area contributed by atoms with Crippen LogP contribution in [0.25, 0.3) is 0 Å². The molecule has 0 radical (unpaired) electrons. The van der Waals surface area contributed by atoms with E-state index in [9.17, 15) is 13.2 Å². The van der Waals surface area contributed by atoms with E-state index in [0.717, 1.165) is 43.6 Å². The monoisotopic (exact) mass is 441 g/mol. The Bertz CT molecular complexity index is 810. The van der Waals surface area contributed by atoms with Gasteiger partial charge in [0.15, 0.2) is 0 Å². The first kappa shape index (κ1) is 24.4. The van der Waals surface area contributed by atoms with Crippen molar-refractivity contribution in [1.29, 1.82) is 5.26 Å². The molecule has 172 valence electrons. The van der Waals surface area contributed by atoms with E-state index < -0.39 is 11.7 Å². The third-order valence-corrected chi connectivity index (χ3v) is 7.19. The van der Waals surface area contributed by atoms with Crippen LogP contribution in [0.1, 0.15) is 81.3 Å². The van der Waals surface area contributed by atoms with Crippen molar-refractivity contribution in [3.63, 3.8) is 0 Å². The van der Waals surface area contributed by atoms with Gasteiger partial charge in [-0.05, 0) is 106 Å². The fourth-order valence-corrected chi connectivity index (χ4v) is 5.18. The molecule has 0 amide bonds. The molecule has 2 aliphatic rings. The highest BCUT2D eigenvalue weighted by Crippen LogP contribution is 2.38. The van der Waals surface area contributed by atoms with Crippen molar-refractivity contribution in [2.75, 3.05) is 0 Å². The second-order valence-electron chi connectivity index (χ2n) is 9.39. The Balaban J connectivity index is 1.35. The molecule has 2 saturated carbocycles. The molecule has 0 unspecified atom stereocenters. The fourth-order valence-electron chi connectivity index (χ4n) is 5.18. The molecule has 2 fully saturated rings. The van der Waals surface area contributed by atoms with Gasteiger partial charge < -0.3 is 0 Å². The number of hydrogen-bond donors (Lipinski definition) is 0. The molecule has 0 spiro atoms. The lowest BCUT2D eigenvalue weighted by molar-refractivity contribution is -0.137. The van der Waals surface area contributed by atoms with E-state index in [4.69, 9.17) is 5.26 Å². The van der Waals surface area contributed by atoms with Crippen molar-refractivity contribution < 1.29 is 13.2 Å². The minimum absolute atomic E-state index is 0.391. The molecule has 32 heavy (non-hydrogen) atoms. The third kappa shape index (κ3) is 7.69. The molecule has 4 heteroatoms. The van der Waals surface area contributed by atoms with Gasteiger partial charge in [0, 0.05) is 6.08 Å². The Morgan fingerprint density at radius 1 is 0.844 bits per heavy atom. The Morgan fingerprint density at radius 3 is 2.00 bits per heavy atom. The van der Waals surface area contributed by atoms with Gasteiger partial charge in [-0.2, -0.15) is 18.4 Å². The van der Waals surface area contributed by atoms with Crippen molar-refractivity contribution in [3.8, 4) is 6.07 Å². The van der Waals surface area contributed by atoms with Crippen LogP contribution in [0.15, 0.2) is 60.7 Å². The second-order valence-corrected chi connectivity index (χ2v) is 9.39. The van der Waals surface area contributed by atoms with Gasteiger partial charge >= 0.3 is 6.18 Å². The van der Waals surface area contributed by atoms with Gasteiger partial charge in [0.1, 0.15) is 0 Å². The summed E-state index contributed by atoms with van der Waals surface area (Å²) in [6.45, 7) is 0. The zero-order valence-electron chi connectivity index (χ0n) is 18.7. The van der Waals surface area contributed by atoms with Crippen LogP contribution >= 0.6 is 0 Å². The second kappa shape index (κ2) is 12.1. The van der Waals surface area contributed by atoms with Crippen LogP contribution in [0.3, 0.4) is 0 Å². The van der Waals surface area contributed by atoms with Crippen molar-refractivity contribution in [1.82, 2.24) is 0 Å². The molecule has 0 N–H and O–H groups in total. The number of rotatable bonds is 7. The molecule has 1 aromatic rings. The summed E-state index contributed by atoms with van der Waals surface area (Å²) in [5.74, 6) is 2.53. The molecule has 2 aliphatic carbocycles. The Kier molecular flexibility index (Phi) is 9.21. The summed E-state index contributed by atoms with van der Waals surface area (Å²) in [4.78, 5) is 0. The summed E-state index contributed by atoms with van der Waals surface area (Å²) in [5.41, 5.74) is 0.492. The maximum atomic E-state index is 12.8. The summed E-state index contributed by atoms with van der Waals surface area (Å²) in [7, 11) is 0. The smallest absolute Gasteiger partial charge is 0.193 e. The molecule has 1 nitrogen and oxygen atoms in total. The van der Waals surface area contributed by atoms with E-state index in [1.807, 2.05) is 12.1 Å². The number of nitriles is 1. The molecular formula is C28H34F3N. The topological polar surface area (TPSA) is 23.8 Å². The quantitative estimate of drug-likeness (QED) is 0.236. The fraction of sp³-hybridized carbons (Fsp3) is 0.536. The lowest BCUT2D eigenvalue weighted by Gasteiger charge is -2.29. The Morgan fingerprint density at radius 2 is 1.44 bits per heavy atom. The van der Waals surface area contributed by atoms with Gasteiger partial charge in [-0.25, -0.2) is 0 Å². The molecule has 0 bridgehead atoms. The highest BCUT2D eigenvalue weighted by molar-refractivity contribution is 5.27. The summed E-state index contributed by atoms with van der Waals surface area (Å²) >= 11 is 0.